The van der Waals surface area contributed by atoms with Crippen molar-refractivity contribution in [2.24, 2.45) is 5.92 Å². The molecule has 39 heavy (non-hydrogen) atoms. The van der Waals surface area contributed by atoms with Crippen molar-refractivity contribution in [1.29, 1.82) is 5.26 Å². The van der Waals surface area contributed by atoms with E-state index in [9.17, 15) is 15.5 Å². The highest BCUT2D eigenvalue weighted by molar-refractivity contribution is 5.59. The van der Waals surface area contributed by atoms with E-state index in [4.69, 9.17) is 9.47 Å². The second-order valence-electron chi connectivity index (χ2n) is 10.1. The summed E-state index contributed by atoms with van der Waals surface area (Å²) in [5.74, 6) is -0.207. The highest BCUT2D eigenvalue weighted by atomic mass is 16.5. The molecule has 6 rings (SSSR count). The Hall–Kier alpha value is -4.22. The Labute approximate surface area is 227 Å². The molecule has 1 aromatic heterocycles. The molecule has 1 aliphatic carbocycles. The topological polar surface area (TPSA) is 108 Å². The second kappa shape index (κ2) is 9.83. The predicted molar refractivity (Wildman–Crippen MR) is 145 cm³/mol. The molecule has 2 aliphatic rings. The van der Waals surface area contributed by atoms with Crippen LogP contribution in [-0.2, 0) is 17.7 Å². The van der Waals surface area contributed by atoms with Crippen molar-refractivity contribution in [3.8, 4) is 17.6 Å². The zero-order valence-corrected chi connectivity index (χ0v) is 21.5. The number of fused-ring (bicyclic) bond motifs is 3. The molecule has 7 nitrogen and oxygen atoms in total. The van der Waals surface area contributed by atoms with E-state index < -0.39 is 29.1 Å². The number of aromatic nitrogens is 1. The minimum Gasteiger partial charge on any atom is -0.495 e. The van der Waals surface area contributed by atoms with E-state index in [1.807, 2.05) is 60.7 Å². The van der Waals surface area contributed by atoms with Crippen LogP contribution in [-0.4, -0.2) is 35.0 Å². The Morgan fingerprint density at radius 1 is 1.00 bits per heavy atom. The largest absolute Gasteiger partial charge is 0.495 e. The number of ether oxygens (including phenoxy) is 2. The highest BCUT2D eigenvalue weighted by Crippen LogP contribution is 2.69. The Kier molecular flexibility index (Phi) is 6.32. The minimum absolute atomic E-state index is 0.342. The number of nitriles is 1. The maximum atomic E-state index is 12.8. The zero-order chi connectivity index (χ0) is 27.0. The molecule has 4 aromatic rings. The monoisotopic (exact) mass is 519 g/mol. The minimum atomic E-state index is -1.87. The van der Waals surface area contributed by atoms with E-state index in [0.29, 0.717) is 41.3 Å². The number of methoxy groups -OCH3 is 1. The van der Waals surface area contributed by atoms with Gasteiger partial charge in [0.1, 0.15) is 11.5 Å². The fourth-order valence-electron chi connectivity index (χ4n) is 6.53. The van der Waals surface area contributed by atoms with Crippen molar-refractivity contribution in [1.82, 2.24) is 10.3 Å². The molecule has 0 amide bonds. The summed E-state index contributed by atoms with van der Waals surface area (Å²) >= 11 is 0. The van der Waals surface area contributed by atoms with Crippen LogP contribution in [0.2, 0.25) is 0 Å². The van der Waals surface area contributed by atoms with E-state index in [0.717, 1.165) is 11.1 Å². The van der Waals surface area contributed by atoms with Gasteiger partial charge in [0.15, 0.2) is 11.2 Å². The van der Waals surface area contributed by atoms with Crippen molar-refractivity contribution in [3.05, 3.63) is 125 Å². The number of benzene rings is 3. The van der Waals surface area contributed by atoms with Crippen molar-refractivity contribution >= 4 is 0 Å². The lowest BCUT2D eigenvalue weighted by Crippen LogP contribution is -2.52. The fourth-order valence-corrected chi connectivity index (χ4v) is 6.53. The first kappa shape index (κ1) is 25.1. The lowest BCUT2D eigenvalue weighted by atomic mass is 9.70. The summed E-state index contributed by atoms with van der Waals surface area (Å²) in [4.78, 5) is 4.26. The van der Waals surface area contributed by atoms with Gasteiger partial charge in [-0.3, -0.25) is 4.98 Å². The molecule has 0 spiro atoms. The molecule has 1 aliphatic heterocycles. The molecular weight excluding hydrogens is 490 g/mol. The summed E-state index contributed by atoms with van der Waals surface area (Å²) in [5.41, 5.74) is 0.275. The Morgan fingerprint density at radius 3 is 2.36 bits per heavy atom. The Bertz CT molecular complexity index is 1510. The van der Waals surface area contributed by atoms with E-state index in [1.165, 1.54) is 13.3 Å². The quantitative estimate of drug-likeness (QED) is 0.339. The smallest absolute Gasteiger partial charge is 0.177 e. The van der Waals surface area contributed by atoms with Gasteiger partial charge in [0.05, 0.1) is 42.8 Å². The van der Waals surface area contributed by atoms with Crippen LogP contribution in [0.4, 0.5) is 0 Å². The van der Waals surface area contributed by atoms with Gasteiger partial charge in [0, 0.05) is 24.9 Å². The van der Waals surface area contributed by atoms with Crippen LogP contribution in [0.1, 0.15) is 33.7 Å². The summed E-state index contributed by atoms with van der Waals surface area (Å²) in [5, 5.41) is 37.9. The molecule has 196 valence electrons. The number of aliphatic hydroxyl groups excluding tert-OH is 1. The lowest BCUT2D eigenvalue weighted by Gasteiger charge is -2.41. The molecule has 0 bridgehead atoms. The van der Waals surface area contributed by atoms with Gasteiger partial charge in [-0.25, -0.2) is 0 Å². The number of nitrogens with zero attached hydrogens (tertiary/aromatic N) is 2. The predicted octanol–water partition coefficient (Wildman–Crippen LogP) is 4.00. The van der Waals surface area contributed by atoms with Crippen LogP contribution < -0.4 is 14.8 Å². The summed E-state index contributed by atoms with van der Waals surface area (Å²) in [7, 11) is 1.51. The molecule has 3 N–H and O–H groups in total. The molecular formula is C32H29N3O4. The third-order valence-corrected chi connectivity index (χ3v) is 8.17. The van der Waals surface area contributed by atoms with Gasteiger partial charge in [-0.1, -0.05) is 72.8 Å². The molecule has 0 saturated heterocycles. The summed E-state index contributed by atoms with van der Waals surface area (Å²) in [6, 6.07) is 29.1. The molecule has 0 radical (unpaired) electrons. The summed E-state index contributed by atoms with van der Waals surface area (Å²) in [6.07, 6.45) is 1.86. The van der Waals surface area contributed by atoms with Crippen molar-refractivity contribution in [2.45, 2.75) is 29.8 Å². The van der Waals surface area contributed by atoms with E-state index in [1.54, 1.807) is 30.5 Å². The van der Waals surface area contributed by atoms with Crippen LogP contribution in [0.15, 0.2) is 97.3 Å². The van der Waals surface area contributed by atoms with E-state index in [-0.39, 0.29) is 0 Å². The van der Waals surface area contributed by atoms with Gasteiger partial charge >= 0.3 is 0 Å². The number of rotatable bonds is 7. The molecule has 5 atom stereocenters. The average molecular weight is 520 g/mol. The lowest BCUT2D eigenvalue weighted by molar-refractivity contribution is -0.152. The van der Waals surface area contributed by atoms with Gasteiger partial charge in [0.2, 0.25) is 0 Å². The standard InChI is InChI=1S/C32H29N3O4/c1-38-26-19-35-20-27-29(26)31(37)30(36)25(18-34-17-22-8-4-2-5-9-22)28(23-10-6-3-7-11-23)32(31,39-27)24-14-12-21(16-33)13-15-24/h2-15,19-20,25,28,30,34,36-37H,17-18H2,1H3/t25-,28-,30-,31+,32+/m1/s1. The third kappa shape index (κ3) is 3.72. The zero-order valence-electron chi connectivity index (χ0n) is 21.5. The fraction of sp³-hybridized carbons (Fsp3) is 0.250. The summed E-state index contributed by atoms with van der Waals surface area (Å²) in [6.45, 7) is 1.03. The SMILES string of the molecule is COc1cncc2c1[C@]1(O)[C@H](O)[C@H](CNCc3ccccc3)[C@@H](c3ccccc3)[C@]1(c1ccc(C#N)cc1)O2. The van der Waals surface area contributed by atoms with Crippen molar-refractivity contribution in [3.63, 3.8) is 0 Å². The maximum Gasteiger partial charge on any atom is 0.177 e. The number of pyridine rings is 1. The van der Waals surface area contributed by atoms with Crippen LogP contribution >= 0.6 is 0 Å². The van der Waals surface area contributed by atoms with Gasteiger partial charge in [-0.05, 0) is 28.8 Å². The maximum absolute atomic E-state index is 12.8. The number of hydrogen-bond donors (Lipinski definition) is 3. The van der Waals surface area contributed by atoms with Gasteiger partial charge in [-0.15, -0.1) is 0 Å². The van der Waals surface area contributed by atoms with Crippen molar-refractivity contribution < 1.29 is 19.7 Å². The van der Waals surface area contributed by atoms with E-state index in [2.05, 4.69) is 16.4 Å². The Balaban J connectivity index is 1.54. The normalized spacial score (nSPS) is 26.8. The van der Waals surface area contributed by atoms with Gasteiger partial charge in [-0.2, -0.15) is 5.26 Å². The number of hydrogen-bond acceptors (Lipinski definition) is 7. The molecule has 1 fully saturated rings. The van der Waals surface area contributed by atoms with E-state index >= 15 is 0 Å². The second-order valence-corrected chi connectivity index (χ2v) is 10.1. The number of nitrogens with one attached hydrogen (secondary N) is 1. The first-order valence-corrected chi connectivity index (χ1v) is 13.0. The molecule has 1 saturated carbocycles. The summed E-state index contributed by atoms with van der Waals surface area (Å²) < 4.78 is 12.4. The van der Waals surface area contributed by atoms with Crippen molar-refractivity contribution in [2.75, 3.05) is 13.7 Å². The molecule has 2 heterocycles. The third-order valence-electron chi connectivity index (χ3n) is 8.17. The average Bonchev–Trinajstić information content (AvgIpc) is 3.36. The first-order chi connectivity index (χ1) is 19.0. The van der Waals surface area contributed by atoms with Crippen LogP contribution in [0.5, 0.6) is 11.5 Å². The molecule has 0 unspecified atom stereocenters. The molecule has 7 heteroatoms. The van der Waals surface area contributed by atoms with Crippen LogP contribution in [0, 0.1) is 17.2 Å². The highest BCUT2D eigenvalue weighted by Gasteiger charge is 2.76. The molecule has 3 aromatic carbocycles. The number of aliphatic hydroxyl groups is 2. The Morgan fingerprint density at radius 2 is 1.69 bits per heavy atom. The van der Waals surface area contributed by atoms with Gasteiger partial charge in [0.25, 0.3) is 0 Å². The van der Waals surface area contributed by atoms with Crippen LogP contribution in [0.3, 0.4) is 0 Å². The van der Waals surface area contributed by atoms with Crippen LogP contribution in [0.25, 0.3) is 0 Å². The van der Waals surface area contributed by atoms with Gasteiger partial charge < -0.3 is 25.0 Å². The first-order valence-electron chi connectivity index (χ1n) is 13.0.